The highest BCUT2D eigenvalue weighted by molar-refractivity contribution is 6.02. The van der Waals surface area contributed by atoms with Crippen LogP contribution in [0.25, 0.3) is 0 Å². The van der Waals surface area contributed by atoms with Gasteiger partial charge in [0.15, 0.2) is 11.6 Å². The van der Waals surface area contributed by atoms with Crippen LogP contribution in [0, 0.1) is 30.4 Å². The SMILES string of the molecule is CNCCN1C[C@H](C(=O)c2cccc(OC)c2)[C@H](c2cccc(F)c2C)[C@@H](C(=O)c2ccccc2F)C1. The van der Waals surface area contributed by atoms with E-state index in [0.29, 0.717) is 48.6 Å². The molecule has 0 bridgehead atoms. The fraction of sp³-hybridized carbons (Fsp3) is 0.333. The average molecular weight is 507 g/mol. The topological polar surface area (TPSA) is 58.6 Å². The molecule has 3 atom stereocenters. The summed E-state index contributed by atoms with van der Waals surface area (Å²) in [5.74, 6) is -3.04. The summed E-state index contributed by atoms with van der Waals surface area (Å²) in [5, 5.41) is 3.11. The van der Waals surface area contributed by atoms with E-state index in [1.54, 1.807) is 49.4 Å². The monoisotopic (exact) mass is 506 g/mol. The normalized spacial score (nSPS) is 20.0. The van der Waals surface area contributed by atoms with Crippen molar-refractivity contribution in [3.05, 3.63) is 101 Å². The van der Waals surface area contributed by atoms with Gasteiger partial charge in [0.05, 0.1) is 12.7 Å². The Morgan fingerprint density at radius 3 is 2.32 bits per heavy atom. The highest BCUT2D eigenvalue weighted by atomic mass is 19.1. The molecule has 0 unspecified atom stereocenters. The Hall–Kier alpha value is -3.42. The number of carbonyl (C=O) groups is 2. The molecule has 1 aliphatic rings. The van der Waals surface area contributed by atoms with Crippen molar-refractivity contribution in [2.75, 3.05) is 40.3 Å². The van der Waals surface area contributed by atoms with Gasteiger partial charge in [-0.05, 0) is 55.4 Å². The minimum absolute atomic E-state index is 0.0189. The van der Waals surface area contributed by atoms with Crippen molar-refractivity contribution in [1.82, 2.24) is 10.2 Å². The van der Waals surface area contributed by atoms with Crippen molar-refractivity contribution >= 4 is 11.6 Å². The molecule has 1 heterocycles. The lowest BCUT2D eigenvalue weighted by atomic mass is 9.67. The van der Waals surface area contributed by atoms with Crippen LogP contribution >= 0.6 is 0 Å². The fourth-order valence-electron chi connectivity index (χ4n) is 5.35. The molecule has 7 heteroatoms. The summed E-state index contributed by atoms with van der Waals surface area (Å²) in [6.07, 6.45) is 0. The molecular formula is C30H32F2N2O3. The Morgan fingerprint density at radius 2 is 1.62 bits per heavy atom. The minimum atomic E-state index is -0.748. The Kier molecular flexibility index (Phi) is 8.46. The lowest BCUT2D eigenvalue weighted by Gasteiger charge is -2.43. The maximum atomic E-state index is 14.8. The van der Waals surface area contributed by atoms with Gasteiger partial charge in [0, 0.05) is 49.5 Å². The largest absolute Gasteiger partial charge is 0.497 e. The number of methoxy groups -OCH3 is 1. The number of rotatable bonds is 9. The highest BCUT2D eigenvalue weighted by Gasteiger charge is 2.45. The van der Waals surface area contributed by atoms with Gasteiger partial charge in [0.25, 0.3) is 0 Å². The van der Waals surface area contributed by atoms with Gasteiger partial charge in [0.1, 0.15) is 17.4 Å². The van der Waals surface area contributed by atoms with E-state index in [0.717, 1.165) is 0 Å². The van der Waals surface area contributed by atoms with Crippen molar-refractivity contribution < 1.29 is 23.1 Å². The van der Waals surface area contributed by atoms with Crippen LogP contribution in [0.5, 0.6) is 5.75 Å². The first-order valence-corrected chi connectivity index (χ1v) is 12.4. The molecule has 0 aromatic heterocycles. The molecule has 194 valence electrons. The van der Waals surface area contributed by atoms with Crippen molar-refractivity contribution in [3.63, 3.8) is 0 Å². The minimum Gasteiger partial charge on any atom is -0.497 e. The summed E-state index contributed by atoms with van der Waals surface area (Å²) in [6, 6.07) is 17.5. The quantitative estimate of drug-likeness (QED) is 0.419. The van der Waals surface area contributed by atoms with E-state index in [2.05, 4.69) is 10.2 Å². The number of carbonyl (C=O) groups excluding carboxylic acids is 2. The van der Waals surface area contributed by atoms with Crippen molar-refractivity contribution in [1.29, 1.82) is 0 Å². The van der Waals surface area contributed by atoms with Crippen LogP contribution < -0.4 is 10.1 Å². The first-order chi connectivity index (χ1) is 17.8. The number of ether oxygens (including phenoxy) is 1. The first-order valence-electron chi connectivity index (χ1n) is 12.4. The molecule has 1 fully saturated rings. The highest BCUT2D eigenvalue weighted by Crippen LogP contribution is 2.42. The molecule has 0 amide bonds. The molecule has 1 N–H and O–H groups in total. The van der Waals surface area contributed by atoms with E-state index in [1.165, 1.54) is 31.4 Å². The van der Waals surface area contributed by atoms with Gasteiger partial charge in [-0.1, -0.05) is 36.4 Å². The number of hydrogen-bond donors (Lipinski definition) is 1. The number of likely N-dealkylation sites (tertiary alicyclic amines) is 1. The average Bonchev–Trinajstić information content (AvgIpc) is 2.92. The number of halogens is 2. The molecule has 1 aliphatic heterocycles. The molecule has 0 radical (unpaired) electrons. The van der Waals surface area contributed by atoms with Crippen LogP contribution in [-0.4, -0.2) is 56.8 Å². The zero-order valence-corrected chi connectivity index (χ0v) is 21.3. The number of ketones is 2. The second-order valence-corrected chi connectivity index (χ2v) is 9.50. The summed E-state index contributed by atoms with van der Waals surface area (Å²) in [7, 11) is 3.37. The lowest BCUT2D eigenvalue weighted by Crippen LogP contribution is -2.51. The number of likely N-dealkylation sites (N-methyl/N-ethyl adjacent to an activating group) is 1. The van der Waals surface area contributed by atoms with Gasteiger partial charge in [0.2, 0.25) is 0 Å². The zero-order chi connectivity index (χ0) is 26.5. The predicted molar refractivity (Wildman–Crippen MR) is 139 cm³/mol. The van der Waals surface area contributed by atoms with Crippen LogP contribution in [0.15, 0.2) is 66.7 Å². The van der Waals surface area contributed by atoms with Gasteiger partial charge in [-0.2, -0.15) is 0 Å². The Balaban J connectivity index is 1.86. The van der Waals surface area contributed by atoms with Crippen molar-refractivity contribution in [3.8, 4) is 5.75 Å². The smallest absolute Gasteiger partial charge is 0.170 e. The number of nitrogens with one attached hydrogen (secondary N) is 1. The molecule has 4 rings (SSSR count). The standard InChI is InChI=1S/C30H32F2N2O3/c1-19-22(11-7-13-26(19)31)28-24(29(35)20-8-6-9-21(16-20)37-3)17-34(15-14-33-2)18-25(28)30(36)23-10-4-5-12-27(23)32/h4-13,16,24-25,28,33H,14-15,17-18H2,1-3H3/t24-,25-,28-/m0/s1. The van der Waals surface area contributed by atoms with Gasteiger partial charge in [-0.3, -0.25) is 9.59 Å². The van der Waals surface area contributed by atoms with Crippen LogP contribution in [0.3, 0.4) is 0 Å². The number of benzene rings is 3. The fourth-order valence-corrected chi connectivity index (χ4v) is 5.35. The van der Waals surface area contributed by atoms with E-state index < -0.39 is 29.4 Å². The second kappa shape index (κ2) is 11.8. The molecule has 0 saturated carbocycles. The third-order valence-electron chi connectivity index (χ3n) is 7.29. The number of nitrogens with zero attached hydrogens (tertiary/aromatic N) is 1. The van der Waals surface area contributed by atoms with Crippen molar-refractivity contribution in [2.45, 2.75) is 12.8 Å². The molecule has 0 aliphatic carbocycles. The van der Waals surface area contributed by atoms with E-state index in [1.807, 2.05) is 7.05 Å². The van der Waals surface area contributed by atoms with Crippen molar-refractivity contribution in [2.24, 2.45) is 11.8 Å². The molecule has 37 heavy (non-hydrogen) atoms. The number of piperidine rings is 1. The van der Waals surface area contributed by atoms with Gasteiger partial charge in [-0.15, -0.1) is 0 Å². The molecular weight excluding hydrogens is 474 g/mol. The first kappa shape index (κ1) is 26.6. The molecule has 0 spiro atoms. The Labute approximate surface area is 216 Å². The van der Waals surface area contributed by atoms with Crippen LogP contribution in [-0.2, 0) is 0 Å². The summed E-state index contributed by atoms with van der Waals surface area (Å²) in [5.41, 5.74) is 1.43. The summed E-state index contributed by atoms with van der Waals surface area (Å²) in [6.45, 7) is 3.64. The van der Waals surface area contributed by atoms with Gasteiger partial charge in [-0.25, -0.2) is 8.78 Å². The van der Waals surface area contributed by atoms with E-state index in [4.69, 9.17) is 4.74 Å². The van der Waals surface area contributed by atoms with E-state index >= 15 is 0 Å². The van der Waals surface area contributed by atoms with E-state index in [-0.39, 0.29) is 17.1 Å². The van der Waals surface area contributed by atoms with Gasteiger partial charge >= 0.3 is 0 Å². The third kappa shape index (κ3) is 5.63. The van der Waals surface area contributed by atoms with E-state index in [9.17, 15) is 18.4 Å². The predicted octanol–water partition coefficient (Wildman–Crippen LogP) is 4.90. The van der Waals surface area contributed by atoms with Crippen LogP contribution in [0.4, 0.5) is 8.78 Å². The van der Waals surface area contributed by atoms with Gasteiger partial charge < -0.3 is 15.0 Å². The molecule has 1 saturated heterocycles. The summed E-state index contributed by atoms with van der Waals surface area (Å²) < 4.78 is 34.9. The lowest BCUT2D eigenvalue weighted by molar-refractivity contribution is 0.0573. The maximum Gasteiger partial charge on any atom is 0.170 e. The van der Waals surface area contributed by atoms with Crippen LogP contribution in [0.2, 0.25) is 0 Å². The third-order valence-corrected chi connectivity index (χ3v) is 7.29. The molecule has 3 aromatic carbocycles. The molecule has 5 nitrogen and oxygen atoms in total. The summed E-state index contributed by atoms with van der Waals surface area (Å²) >= 11 is 0. The maximum absolute atomic E-state index is 14.8. The number of hydrogen-bond acceptors (Lipinski definition) is 5. The zero-order valence-electron chi connectivity index (χ0n) is 21.3. The second-order valence-electron chi connectivity index (χ2n) is 9.50. The summed E-state index contributed by atoms with van der Waals surface area (Å²) in [4.78, 5) is 30.0. The Morgan fingerprint density at radius 1 is 0.946 bits per heavy atom. The Bertz CT molecular complexity index is 1280. The van der Waals surface area contributed by atoms with Crippen LogP contribution in [0.1, 0.15) is 37.8 Å². The molecule has 3 aromatic rings. The number of Topliss-reactive ketones (excluding diaryl/α,β-unsaturated/α-hetero) is 2.